The van der Waals surface area contributed by atoms with Crippen molar-refractivity contribution in [3.8, 4) is 0 Å². The van der Waals surface area contributed by atoms with E-state index in [2.05, 4.69) is 20.8 Å². The van der Waals surface area contributed by atoms with Crippen molar-refractivity contribution in [2.45, 2.75) is 61.6 Å². The van der Waals surface area contributed by atoms with E-state index < -0.39 is 0 Å². The maximum absolute atomic E-state index is 12.0. The van der Waals surface area contributed by atoms with Crippen molar-refractivity contribution in [3.05, 3.63) is 0 Å². The van der Waals surface area contributed by atoms with Gasteiger partial charge in [-0.05, 0) is 19.3 Å². The van der Waals surface area contributed by atoms with Gasteiger partial charge in [0.1, 0.15) is 0 Å². The summed E-state index contributed by atoms with van der Waals surface area (Å²) in [7, 11) is 0. The zero-order chi connectivity index (χ0) is 16.6. The third-order valence-electron chi connectivity index (χ3n) is 4.04. The molecule has 0 spiro atoms. The molecule has 134 valence electrons. The lowest BCUT2D eigenvalue weighted by Gasteiger charge is -2.22. The number of carbonyl (C=O) groups excluding carboxylic acids is 1. The number of thioether (sulfide) groups is 1. The van der Waals surface area contributed by atoms with Crippen molar-refractivity contribution in [1.82, 2.24) is 15.5 Å². The zero-order valence-electron chi connectivity index (χ0n) is 13.7. The van der Waals surface area contributed by atoms with Gasteiger partial charge in [-0.25, -0.2) is 4.79 Å². The number of amides is 2. The van der Waals surface area contributed by atoms with Crippen LogP contribution in [0.5, 0.6) is 0 Å². The molecule has 1 aliphatic heterocycles. The summed E-state index contributed by atoms with van der Waals surface area (Å²) in [4.78, 5) is 12.0. The van der Waals surface area contributed by atoms with Gasteiger partial charge in [0.15, 0.2) is 10.6 Å². The lowest BCUT2D eigenvalue weighted by molar-refractivity contribution is -0.178. The van der Waals surface area contributed by atoms with Crippen molar-refractivity contribution in [2.24, 2.45) is 0 Å². The predicted molar refractivity (Wildman–Crippen MR) is 94.6 cm³/mol. The van der Waals surface area contributed by atoms with Crippen LogP contribution in [-0.4, -0.2) is 47.5 Å². The molecule has 2 heterocycles. The Morgan fingerprint density at radius 3 is 2.75 bits per heavy atom. The van der Waals surface area contributed by atoms with E-state index >= 15 is 0 Å². The summed E-state index contributed by atoms with van der Waals surface area (Å²) in [6.45, 7) is 1.55. The molecule has 0 aromatic carbocycles. The maximum Gasteiger partial charge on any atom is 0.321 e. The van der Waals surface area contributed by atoms with Crippen LogP contribution < -0.4 is 10.6 Å². The van der Waals surface area contributed by atoms with E-state index in [0.29, 0.717) is 5.13 Å². The molecule has 2 N–H and O–H groups in total. The lowest BCUT2D eigenvalue weighted by atomic mass is 9.96. The van der Waals surface area contributed by atoms with Gasteiger partial charge in [-0.1, -0.05) is 42.4 Å². The number of nitrogens with zero attached hydrogens (tertiary/aromatic N) is 2. The average molecular weight is 373 g/mol. The Hall–Kier alpha value is -0.900. The van der Waals surface area contributed by atoms with Crippen molar-refractivity contribution in [1.29, 1.82) is 0 Å². The van der Waals surface area contributed by atoms with Crippen LogP contribution in [0.15, 0.2) is 4.34 Å². The van der Waals surface area contributed by atoms with Crippen LogP contribution >= 0.6 is 23.1 Å². The van der Waals surface area contributed by atoms with E-state index in [9.17, 15) is 4.79 Å². The van der Waals surface area contributed by atoms with Gasteiger partial charge >= 0.3 is 6.03 Å². The average Bonchev–Trinajstić information content (AvgIpc) is 3.04. The van der Waals surface area contributed by atoms with Gasteiger partial charge in [-0.3, -0.25) is 5.32 Å². The number of hydrogen-bond donors (Lipinski definition) is 2. The highest BCUT2D eigenvalue weighted by molar-refractivity contribution is 8.01. The van der Waals surface area contributed by atoms with E-state index in [-0.39, 0.29) is 18.4 Å². The van der Waals surface area contributed by atoms with E-state index in [4.69, 9.17) is 9.47 Å². The predicted octanol–water partition coefficient (Wildman–Crippen LogP) is 3.24. The van der Waals surface area contributed by atoms with Crippen LogP contribution in [0.2, 0.25) is 0 Å². The Morgan fingerprint density at radius 2 is 1.96 bits per heavy atom. The van der Waals surface area contributed by atoms with E-state index in [0.717, 1.165) is 49.0 Å². The minimum atomic E-state index is -0.182. The minimum absolute atomic E-state index is 0.0990. The third-order valence-corrected chi connectivity index (χ3v) is 6.05. The third kappa shape index (κ3) is 5.87. The number of nitrogens with one attached hydrogen (secondary N) is 2. The number of urea groups is 1. The van der Waals surface area contributed by atoms with Gasteiger partial charge in [-0.15, -0.1) is 10.2 Å². The number of anilines is 1. The molecule has 0 bridgehead atoms. The van der Waals surface area contributed by atoms with Crippen LogP contribution in [0, 0.1) is 0 Å². The van der Waals surface area contributed by atoms with Crippen LogP contribution in [-0.2, 0) is 9.47 Å². The van der Waals surface area contributed by atoms with Crippen molar-refractivity contribution in [2.75, 3.05) is 24.3 Å². The Morgan fingerprint density at radius 1 is 1.17 bits per heavy atom. The molecular formula is C15H24N4O3S2. The quantitative estimate of drug-likeness (QED) is 0.589. The summed E-state index contributed by atoms with van der Waals surface area (Å²) >= 11 is 3.01. The highest BCUT2D eigenvalue weighted by Gasteiger charge is 2.17. The van der Waals surface area contributed by atoms with Gasteiger partial charge < -0.3 is 14.8 Å². The van der Waals surface area contributed by atoms with Gasteiger partial charge in [0, 0.05) is 18.2 Å². The number of ether oxygens (including phenoxy) is 2. The maximum atomic E-state index is 12.0. The zero-order valence-corrected chi connectivity index (χ0v) is 15.3. The molecule has 7 nitrogen and oxygen atoms in total. The number of rotatable bonds is 6. The summed E-state index contributed by atoms with van der Waals surface area (Å²) in [5.41, 5.74) is 0. The number of hydrogen-bond acceptors (Lipinski definition) is 7. The topological polar surface area (TPSA) is 85.4 Å². The molecule has 1 saturated carbocycles. The molecule has 1 saturated heterocycles. The smallest absolute Gasteiger partial charge is 0.321 e. The second kappa shape index (κ2) is 9.55. The van der Waals surface area contributed by atoms with E-state index in [1.807, 2.05) is 0 Å². The Labute approximate surface area is 150 Å². The molecule has 9 heteroatoms. The summed E-state index contributed by atoms with van der Waals surface area (Å²) in [6, 6.07) is 0.106. The van der Waals surface area contributed by atoms with Crippen molar-refractivity contribution < 1.29 is 14.3 Å². The molecule has 0 radical (unpaired) electrons. The van der Waals surface area contributed by atoms with Gasteiger partial charge in [-0.2, -0.15) is 0 Å². The minimum Gasteiger partial charge on any atom is -0.353 e. The van der Waals surface area contributed by atoms with Gasteiger partial charge in [0.2, 0.25) is 5.13 Å². The Bertz CT molecular complexity index is 517. The molecule has 3 rings (SSSR count). The summed E-state index contributed by atoms with van der Waals surface area (Å²) < 4.78 is 11.9. The molecule has 1 aromatic rings. The monoisotopic (exact) mass is 372 g/mol. The van der Waals surface area contributed by atoms with E-state index in [1.165, 1.54) is 30.6 Å². The molecule has 1 aromatic heterocycles. The molecule has 24 heavy (non-hydrogen) atoms. The normalized spacial score (nSPS) is 20.0. The second-order valence-corrected chi connectivity index (χ2v) is 8.29. The van der Waals surface area contributed by atoms with Gasteiger partial charge in [0.25, 0.3) is 0 Å². The number of aromatic nitrogens is 2. The first-order valence-electron chi connectivity index (χ1n) is 8.56. The summed E-state index contributed by atoms with van der Waals surface area (Å²) in [6.07, 6.45) is 7.49. The fourth-order valence-electron chi connectivity index (χ4n) is 2.83. The van der Waals surface area contributed by atoms with Crippen LogP contribution in [0.3, 0.4) is 0 Å². The first-order chi connectivity index (χ1) is 11.8. The van der Waals surface area contributed by atoms with Gasteiger partial charge in [0.05, 0.1) is 13.2 Å². The highest BCUT2D eigenvalue weighted by atomic mass is 32.2. The molecule has 0 unspecified atom stereocenters. The van der Waals surface area contributed by atoms with Crippen LogP contribution in [0.4, 0.5) is 9.93 Å². The Kier molecular flexibility index (Phi) is 7.13. The lowest BCUT2D eigenvalue weighted by Crippen LogP contribution is -2.38. The molecule has 2 amide bonds. The highest BCUT2D eigenvalue weighted by Crippen LogP contribution is 2.27. The van der Waals surface area contributed by atoms with Crippen molar-refractivity contribution >= 4 is 34.3 Å². The largest absolute Gasteiger partial charge is 0.353 e. The summed E-state index contributed by atoms with van der Waals surface area (Å²) in [5, 5.41) is 14.5. The standard InChI is InChI=1S/C15H24N4O3S2/c20-13(16-11-5-2-1-3-6-11)17-14-18-19-15(24-14)23-10-7-12-21-8-4-9-22-12/h11-12H,1-10H2,(H2,16,17,18,20). The fraction of sp³-hybridized carbons (Fsp3) is 0.800. The molecule has 2 aliphatic rings. The first kappa shape index (κ1) is 17.9. The molecule has 1 aliphatic carbocycles. The molecule has 2 fully saturated rings. The fourth-order valence-corrected chi connectivity index (χ4v) is 4.61. The second-order valence-electron chi connectivity index (χ2n) is 5.97. The molecule has 0 atom stereocenters. The summed E-state index contributed by atoms with van der Waals surface area (Å²) in [5.74, 6) is 0.855. The van der Waals surface area contributed by atoms with Crippen LogP contribution in [0.1, 0.15) is 44.9 Å². The Balaban J connectivity index is 1.35. The van der Waals surface area contributed by atoms with E-state index in [1.54, 1.807) is 11.8 Å². The molecular weight excluding hydrogens is 348 g/mol. The first-order valence-corrected chi connectivity index (χ1v) is 10.4. The van der Waals surface area contributed by atoms with Crippen molar-refractivity contribution in [3.63, 3.8) is 0 Å². The van der Waals surface area contributed by atoms with Crippen LogP contribution in [0.25, 0.3) is 0 Å². The SMILES string of the molecule is O=C(Nc1nnc(SCCC2OCCCO2)s1)NC1CCCCC1. The number of carbonyl (C=O) groups is 1.